The van der Waals surface area contributed by atoms with Crippen molar-refractivity contribution >= 4 is 5.91 Å². The van der Waals surface area contributed by atoms with Gasteiger partial charge in [0.1, 0.15) is 0 Å². The molecule has 2 heterocycles. The van der Waals surface area contributed by atoms with Crippen LogP contribution in [0.15, 0.2) is 6.20 Å². The first kappa shape index (κ1) is 13.0. The van der Waals surface area contributed by atoms with Crippen LogP contribution in [0.2, 0.25) is 0 Å². The number of carbonyl (C=O) groups excluding carboxylic acids is 1. The number of aromatic nitrogens is 3. The predicted octanol–water partition coefficient (Wildman–Crippen LogP) is 0.512. The Kier molecular flexibility index (Phi) is 4.30. The summed E-state index contributed by atoms with van der Waals surface area (Å²) in [7, 11) is 0. The van der Waals surface area contributed by atoms with Crippen LogP contribution >= 0.6 is 0 Å². The fourth-order valence-corrected chi connectivity index (χ4v) is 2.40. The molecule has 0 radical (unpaired) electrons. The normalized spacial score (nSPS) is 20.5. The zero-order valence-corrected chi connectivity index (χ0v) is 11.0. The molecule has 0 saturated carbocycles. The minimum Gasteiger partial charge on any atom is -0.350 e. The highest BCUT2D eigenvalue weighted by Crippen LogP contribution is 2.16. The van der Waals surface area contributed by atoms with Gasteiger partial charge in [0, 0.05) is 19.6 Å². The number of aromatic amines is 1. The van der Waals surface area contributed by atoms with Crippen molar-refractivity contribution in [3.8, 4) is 0 Å². The van der Waals surface area contributed by atoms with Crippen LogP contribution in [-0.2, 0) is 0 Å². The second-order valence-electron chi connectivity index (χ2n) is 5.37. The van der Waals surface area contributed by atoms with E-state index in [1.807, 2.05) is 0 Å². The van der Waals surface area contributed by atoms with Gasteiger partial charge in [0.25, 0.3) is 5.91 Å². The van der Waals surface area contributed by atoms with E-state index in [1.54, 1.807) is 0 Å². The van der Waals surface area contributed by atoms with Crippen LogP contribution in [0.4, 0.5) is 0 Å². The molecule has 100 valence electrons. The summed E-state index contributed by atoms with van der Waals surface area (Å²) in [6, 6.07) is 0. The van der Waals surface area contributed by atoms with Crippen LogP contribution in [0.3, 0.4) is 0 Å². The highest BCUT2D eigenvalue weighted by atomic mass is 16.1. The molecule has 1 unspecified atom stereocenters. The summed E-state index contributed by atoms with van der Waals surface area (Å²) in [4.78, 5) is 14.1. The van der Waals surface area contributed by atoms with Crippen molar-refractivity contribution in [3.05, 3.63) is 11.9 Å². The Balaban J connectivity index is 1.71. The van der Waals surface area contributed by atoms with E-state index >= 15 is 0 Å². The molecule has 2 N–H and O–H groups in total. The molecule has 1 aliphatic rings. The SMILES string of the molecule is CC(C)CN1CCC(CNC(=O)c2cn[nH]n2)C1. The van der Waals surface area contributed by atoms with Crippen LogP contribution in [0.5, 0.6) is 0 Å². The molecular formula is C12H21N5O. The number of hydrogen-bond donors (Lipinski definition) is 2. The molecule has 2 rings (SSSR count). The highest BCUT2D eigenvalue weighted by Gasteiger charge is 2.23. The Hall–Kier alpha value is -1.43. The number of amides is 1. The maximum atomic E-state index is 11.7. The van der Waals surface area contributed by atoms with Crippen molar-refractivity contribution in [2.45, 2.75) is 20.3 Å². The molecular weight excluding hydrogens is 230 g/mol. The van der Waals surface area contributed by atoms with Crippen molar-refractivity contribution in [1.82, 2.24) is 25.6 Å². The van der Waals surface area contributed by atoms with Gasteiger partial charge in [-0.2, -0.15) is 15.4 Å². The topological polar surface area (TPSA) is 73.9 Å². The van der Waals surface area contributed by atoms with E-state index in [-0.39, 0.29) is 5.91 Å². The Morgan fingerprint density at radius 3 is 3.17 bits per heavy atom. The summed E-state index contributed by atoms with van der Waals surface area (Å²) >= 11 is 0. The summed E-state index contributed by atoms with van der Waals surface area (Å²) in [6.07, 6.45) is 2.60. The smallest absolute Gasteiger partial charge is 0.273 e. The maximum absolute atomic E-state index is 11.7. The van der Waals surface area contributed by atoms with E-state index in [0.29, 0.717) is 17.5 Å². The maximum Gasteiger partial charge on any atom is 0.273 e. The standard InChI is InChI=1S/C12H21N5O/c1-9(2)7-17-4-3-10(8-17)5-13-12(18)11-6-14-16-15-11/h6,9-10H,3-5,7-8H2,1-2H3,(H,13,18)(H,14,15,16). The lowest BCUT2D eigenvalue weighted by atomic mass is 10.1. The first-order valence-electron chi connectivity index (χ1n) is 6.51. The molecule has 0 aliphatic carbocycles. The van der Waals surface area contributed by atoms with Gasteiger partial charge in [0.05, 0.1) is 6.20 Å². The molecule has 1 fully saturated rings. The molecule has 6 heteroatoms. The minimum atomic E-state index is -0.147. The van der Waals surface area contributed by atoms with Gasteiger partial charge in [-0.25, -0.2) is 0 Å². The van der Waals surface area contributed by atoms with Crippen LogP contribution < -0.4 is 5.32 Å². The van der Waals surface area contributed by atoms with Crippen LogP contribution in [-0.4, -0.2) is 52.4 Å². The molecule has 1 saturated heterocycles. The Morgan fingerprint density at radius 2 is 2.50 bits per heavy atom. The van der Waals surface area contributed by atoms with Crippen molar-refractivity contribution in [2.75, 3.05) is 26.2 Å². The summed E-state index contributed by atoms with van der Waals surface area (Å²) in [6.45, 7) is 8.56. The van der Waals surface area contributed by atoms with E-state index in [4.69, 9.17) is 0 Å². The van der Waals surface area contributed by atoms with E-state index in [0.717, 1.165) is 32.6 Å². The van der Waals surface area contributed by atoms with Gasteiger partial charge in [-0.15, -0.1) is 0 Å². The number of rotatable bonds is 5. The zero-order valence-electron chi connectivity index (χ0n) is 11.0. The fraction of sp³-hybridized carbons (Fsp3) is 0.750. The molecule has 1 aromatic rings. The second-order valence-corrected chi connectivity index (χ2v) is 5.37. The van der Waals surface area contributed by atoms with Crippen molar-refractivity contribution in [3.63, 3.8) is 0 Å². The Morgan fingerprint density at radius 1 is 1.67 bits per heavy atom. The predicted molar refractivity (Wildman–Crippen MR) is 68.1 cm³/mol. The molecule has 6 nitrogen and oxygen atoms in total. The highest BCUT2D eigenvalue weighted by molar-refractivity contribution is 5.91. The van der Waals surface area contributed by atoms with Gasteiger partial charge in [0.2, 0.25) is 0 Å². The van der Waals surface area contributed by atoms with E-state index in [1.165, 1.54) is 6.20 Å². The van der Waals surface area contributed by atoms with E-state index < -0.39 is 0 Å². The molecule has 1 amide bonds. The molecule has 1 atom stereocenters. The molecule has 1 aliphatic heterocycles. The van der Waals surface area contributed by atoms with Gasteiger partial charge in [-0.1, -0.05) is 13.8 Å². The number of likely N-dealkylation sites (tertiary alicyclic amines) is 1. The van der Waals surface area contributed by atoms with Crippen LogP contribution in [0, 0.1) is 11.8 Å². The number of nitrogens with one attached hydrogen (secondary N) is 2. The first-order chi connectivity index (χ1) is 8.65. The molecule has 1 aromatic heterocycles. The number of H-pyrrole nitrogens is 1. The van der Waals surface area contributed by atoms with E-state index in [2.05, 4.69) is 39.5 Å². The number of carbonyl (C=O) groups is 1. The average Bonchev–Trinajstić information content (AvgIpc) is 2.95. The quantitative estimate of drug-likeness (QED) is 0.800. The van der Waals surface area contributed by atoms with Crippen molar-refractivity contribution in [2.24, 2.45) is 11.8 Å². The molecule has 0 aromatic carbocycles. The second kappa shape index (κ2) is 5.95. The fourth-order valence-electron chi connectivity index (χ4n) is 2.40. The van der Waals surface area contributed by atoms with Gasteiger partial charge in [-0.3, -0.25) is 4.79 Å². The van der Waals surface area contributed by atoms with E-state index in [9.17, 15) is 4.79 Å². The molecule has 0 bridgehead atoms. The molecule has 0 spiro atoms. The average molecular weight is 251 g/mol. The lowest BCUT2D eigenvalue weighted by Gasteiger charge is -2.18. The van der Waals surface area contributed by atoms with Crippen molar-refractivity contribution in [1.29, 1.82) is 0 Å². The first-order valence-corrected chi connectivity index (χ1v) is 6.51. The third kappa shape index (κ3) is 3.53. The lowest BCUT2D eigenvalue weighted by Crippen LogP contribution is -2.32. The number of hydrogen-bond acceptors (Lipinski definition) is 4. The zero-order chi connectivity index (χ0) is 13.0. The molecule has 18 heavy (non-hydrogen) atoms. The summed E-state index contributed by atoms with van der Waals surface area (Å²) < 4.78 is 0. The van der Waals surface area contributed by atoms with Gasteiger partial charge >= 0.3 is 0 Å². The lowest BCUT2D eigenvalue weighted by molar-refractivity contribution is 0.0942. The van der Waals surface area contributed by atoms with Gasteiger partial charge in [-0.05, 0) is 24.8 Å². The Bertz CT molecular complexity index is 376. The summed E-state index contributed by atoms with van der Waals surface area (Å²) in [5, 5.41) is 12.7. The summed E-state index contributed by atoms with van der Waals surface area (Å²) in [5.74, 6) is 1.11. The Labute approximate surface area is 107 Å². The third-order valence-electron chi connectivity index (χ3n) is 3.19. The van der Waals surface area contributed by atoms with Gasteiger partial charge in [0.15, 0.2) is 5.69 Å². The minimum absolute atomic E-state index is 0.147. The number of nitrogens with zero attached hydrogens (tertiary/aromatic N) is 3. The largest absolute Gasteiger partial charge is 0.350 e. The van der Waals surface area contributed by atoms with Crippen LogP contribution in [0.1, 0.15) is 30.8 Å². The van der Waals surface area contributed by atoms with Crippen molar-refractivity contribution < 1.29 is 4.79 Å². The summed E-state index contributed by atoms with van der Waals surface area (Å²) in [5.41, 5.74) is 0.354. The van der Waals surface area contributed by atoms with Crippen LogP contribution in [0.25, 0.3) is 0 Å². The van der Waals surface area contributed by atoms with Gasteiger partial charge < -0.3 is 10.2 Å². The third-order valence-corrected chi connectivity index (χ3v) is 3.19. The monoisotopic (exact) mass is 251 g/mol.